The summed E-state index contributed by atoms with van der Waals surface area (Å²) in [7, 11) is 0. The Kier molecular flexibility index (Phi) is 2.07. The van der Waals surface area contributed by atoms with Crippen molar-refractivity contribution in [2.75, 3.05) is 6.67 Å². The maximum atomic E-state index is 4.24. The van der Waals surface area contributed by atoms with Gasteiger partial charge in [0.2, 0.25) is 0 Å². The molecule has 1 aliphatic heterocycles. The molecule has 0 aromatic rings. The molecule has 0 saturated heterocycles. The van der Waals surface area contributed by atoms with E-state index >= 15 is 0 Å². The molecule has 0 atom stereocenters. The van der Waals surface area contributed by atoms with Crippen molar-refractivity contribution in [3.8, 4) is 0 Å². The zero-order chi connectivity index (χ0) is 8.48. The van der Waals surface area contributed by atoms with E-state index in [2.05, 4.69) is 37.8 Å². The number of hydrogen-bond donors (Lipinski definition) is 0. The molecule has 1 aliphatic rings. The van der Waals surface area contributed by atoms with Crippen molar-refractivity contribution >= 4 is 6.34 Å². The molecule has 0 aliphatic carbocycles. The lowest BCUT2D eigenvalue weighted by Gasteiger charge is -2.24. The summed E-state index contributed by atoms with van der Waals surface area (Å²) < 4.78 is 1.96. The van der Waals surface area contributed by atoms with E-state index in [1.165, 1.54) is 0 Å². The van der Waals surface area contributed by atoms with Gasteiger partial charge in [0.05, 0.1) is 0 Å². The number of aliphatic imine (C=N–C) groups is 1. The summed E-state index contributed by atoms with van der Waals surface area (Å²) in [6, 6.07) is 0. The highest BCUT2D eigenvalue weighted by Gasteiger charge is 2.33. The van der Waals surface area contributed by atoms with Crippen molar-refractivity contribution in [3.05, 3.63) is 0 Å². The van der Waals surface area contributed by atoms with Gasteiger partial charge in [-0.1, -0.05) is 24.0 Å². The van der Waals surface area contributed by atoms with Gasteiger partial charge in [0.15, 0.2) is 0 Å². The molecule has 1 rings (SSSR count). The normalized spacial score (nSPS) is 17.7. The number of nitrogens with zero attached hydrogens (tertiary/aromatic N) is 3. The Bertz CT molecular complexity index is 201. The van der Waals surface area contributed by atoms with E-state index in [0.29, 0.717) is 12.6 Å². The highest BCUT2D eigenvalue weighted by atomic mass is 15.4. The van der Waals surface area contributed by atoms with Crippen LogP contribution in [0.5, 0.6) is 0 Å². The van der Waals surface area contributed by atoms with Gasteiger partial charge in [0, 0.05) is 0 Å². The molecule has 0 aromatic carbocycles. The SMILES string of the molecule is CC(C)C(C)(C)[N+]1=NCN=C1. The van der Waals surface area contributed by atoms with Crippen LogP contribution in [0.4, 0.5) is 0 Å². The zero-order valence-corrected chi connectivity index (χ0v) is 7.70. The van der Waals surface area contributed by atoms with Crippen LogP contribution in [0.15, 0.2) is 10.1 Å². The minimum absolute atomic E-state index is 0.0972. The highest BCUT2D eigenvalue weighted by Crippen LogP contribution is 2.20. The molecular formula is C8H16N3+. The van der Waals surface area contributed by atoms with Gasteiger partial charge in [-0.25, -0.2) is 0 Å². The van der Waals surface area contributed by atoms with Gasteiger partial charge in [-0.2, -0.15) is 0 Å². The van der Waals surface area contributed by atoms with E-state index in [9.17, 15) is 0 Å². The first-order chi connectivity index (χ1) is 5.05. The summed E-state index contributed by atoms with van der Waals surface area (Å²) >= 11 is 0. The molecule has 0 unspecified atom stereocenters. The van der Waals surface area contributed by atoms with Crippen molar-refractivity contribution in [3.63, 3.8) is 0 Å². The zero-order valence-electron chi connectivity index (χ0n) is 7.70. The second-order valence-electron chi connectivity index (χ2n) is 3.73. The minimum Gasteiger partial charge on any atom is -0.132 e. The second-order valence-corrected chi connectivity index (χ2v) is 3.73. The Labute approximate surface area is 67.8 Å². The molecule has 3 heteroatoms. The summed E-state index contributed by atoms with van der Waals surface area (Å²) in [6.45, 7) is 9.34. The van der Waals surface area contributed by atoms with E-state index in [4.69, 9.17) is 0 Å². The molecule has 62 valence electrons. The molecule has 1 heterocycles. The standard InChI is InChI=1S/C8H16N3/c1-7(2)8(3,4)11-6-9-5-10-11/h6-7H,5H2,1-4H3/q+1. The van der Waals surface area contributed by atoms with Crippen LogP contribution in [0.3, 0.4) is 0 Å². The Morgan fingerprint density at radius 2 is 2.09 bits per heavy atom. The van der Waals surface area contributed by atoms with Crippen LogP contribution < -0.4 is 0 Å². The van der Waals surface area contributed by atoms with E-state index in [1.54, 1.807) is 0 Å². The topological polar surface area (TPSA) is 27.7 Å². The minimum atomic E-state index is 0.0972. The van der Waals surface area contributed by atoms with Crippen LogP contribution in [-0.2, 0) is 0 Å². The van der Waals surface area contributed by atoms with Gasteiger partial charge in [-0.05, 0) is 19.8 Å². The third-order valence-corrected chi connectivity index (χ3v) is 2.49. The Morgan fingerprint density at radius 1 is 1.45 bits per heavy atom. The largest absolute Gasteiger partial charge is 0.303 e. The van der Waals surface area contributed by atoms with Gasteiger partial charge in [0.25, 0.3) is 6.67 Å². The Balaban J connectivity index is 2.79. The third kappa shape index (κ3) is 1.47. The van der Waals surface area contributed by atoms with Crippen LogP contribution in [0.1, 0.15) is 27.7 Å². The van der Waals surface area contributed by atoms with Gasteiger partial charge in [-0.3, -0.25) is 0 Å². The first kappa shape index (κ1) is 8.37. The van der Waals surface area contributed by atoms with Crippen molar-refractivity contribution in [1.82, 2.24) is 0 Å². The van der Waals surface area contributed by atoms with Gasteiger partial charge in [-0.15, -0.1) is 4.70 Å². The predicted octanol–water partition coefficient (Wildman–Crippen LogP) is 1.89. The predicted molar refractivity (Wildman–Crippen MR) is 45.0 cm³/mol. The van der Waals surface area contributed by atoms with Gasteiger partial charge >= 0.3 is 6.34 Å². The number of azo groups is 2. The van der Waals surface area contributed by atoms with Crippen LogP contribution in [0, 0.1) is 5.92 Å². The van der Waals surface area contributed by atoms with E-state index in [0.717, 1.165) is 0 Å². The van der Waals surface area contributed by atoms with Gasteiger partial charge < -0.3 is 0 Å². The van der Waals surface area contributed by atoms with Crippen LogP contribution in [0.2, 0.25) is 0 Å². The Morgan fingerprint density at radius 3 is 2.45 bits per heavy atom. The monoisotopic (exact) mass is 154 g/mol. The molecule has 0 spiro atoms. The molecule has 0 saturated carbocycles. The highest BCUT2D eigenvalue weighted by molar-refractivity contribution is 5.44. The maximum absolute atomic E-state index is 4.24. The van der Waals surface area contributed by atoms with Crippen LogP contribution in [0.25, 0.3) is 0 Å². The summed E-state index contributed by atoms with van der Waals surface area (Å²) in [5.74, 6) is 0.579. The first-order valence-corrected chi connectivity index (χ1v) is 4.02. The maximum Gasteiger partial charge on any atom is 0.303 e. The lowest BCUT2D eigenvalue weighted by Crippen LogP contribution is -2.38. The van der Waals surface area contributed by atoms with E-state index in [-0.39, 0.29) is 5.54 Å². The summed E-state index contributed by atoms with van der Waals surface area (Å²) in [6.07, 6.45) is 1.82. The summed E-state index contributed by atoms with van der Waals surface area (Å²) in [4.78, 5) is 4.05. The lowest BCUT2D eigenvalue weighted by molar-refractivity contribution is -0.558. The molecular weight excluding hydrogens is 138 g/mol. The van der Waals surface area contributed by atoms with Crippen molar-refractivity contribution in [2.45, 2.75) is 33.2 Å². The van der Waals surface area contributed by atoms with E-state index < -0.39 is 0 Å². The van der Waals surface area contributed by atoms with E-state index in [1.807, 2.05) is 11.0 Å². The third-order valence-electron chi connectivity index (χ3n) is 2.49. The molecule has 11 heavy (non-hydrogen) atoms. The lowest BCUT2D eigenvalue weighted by atomic mass is 9.91. The fraction of sp³-hybridized carbons (Fsp3) is 0.875. The fourth-order valence-electron chi connectivity index (χ4n) is 0.851. The van der Waals surface area contributed by atoms with Crippen molar-refractivity contribution in [1.29, 1.82) is 0 Å². The summed E-state index contributed by atoms with van der Waals surface area (Å²) in [5.41, 5.74) is 0.0972. The molecule has 0 N–H and O–H groups in total. The first-order valence-electron chi connectivity index (χ1n) is 4.02. The number of rotatable bonds is 2. The molecule has 0 amide bonds. The average molecular weight is 154 g/mol. The van der Waals surface area contributed by atoms with Crippen molar-refractivity contribution in [2.24, 2.45) is 16.0 Å². The van der Waals surface area contributed by atoms with Crippen LogP contribution in [-0.4, -0.2) is 23.2 Å². The second kappa shape index (κ2) is 2.72. The number of hydrogen-bond acceptors (Lipinski definition) is 2. The van der Waals surface area contributed by atoms with Gasteiger partial charge in [0.1, 0.15) is 5.54 Å². The molecule has 0 radical (unpaired) electrons. The fourth-order valence-corrected chi connectivity index (χ4v) is 0.851. The molecule has 3 nitrogen and oxygen atoms in total. The smallest absolute Gasteiger partial charge is 0.132 e. The molecule has 0 aromatic heterocycles. The average Bonchev–Trinajstić information content (AvgIpc) is 2.37. The van der Waals surface area contributed by atoms with Crippen LogP contribution >= 0.6 is 0 Å². The Hall–Kier alpha value is -0.730. The quantitative estimate of drug-likeness (QED) is 0.543. The summed E-state index contributed by atoms with van der Waals surface area (Å²) in [5, 5.41) is 4.24. The molecule has 0 fully saturated rings. The van der Waals surface area contributed by atoms with Crippen molar-refractivity contribution < 1.29 is 4.70 Å². The molecule has 0 bridgehead atoms.